The number of rotatable bonds is 4. The summed E-state index contributed by atoms with van der Waals surface area (Å²) in [6.45, 7) is 4.23. The summed E-state index contributed by atoms with van der Waals surface area (Å²) in [5.74, 6) is 0.788. The molecule has 1 N–H and O–H groups in total. The summed E-state index contributed by atoms with van der Waals surface area (Å²) in [5.41, 5.74) is 1.21. The third-order valence-electron chi connectivity index (χ3n) is 4.91. The Morgan fingerprint density at radius 2 is 1.83 bits per heavy atom. The van der Waals surface area contributed by atoms with Gasteiger partial charge in [0, 0.05) is 32.2 Å². The number of halogens is 3. The van der Waals surface area contributed by atoms with Crippen LogP contribution in [0.5, 0.6) is 5.75 Å². The van der Waals surface area contributed by atoms with Crippen molar-refractivity contribution in [3.8, 4) is 5.75 Å². The summed E-state index contributed by atoms with van der Waals surface area (Å²) in [5, 5.41) is 3.42. The smallest absolute Gasteiger partial charge is 0.165 e. The van der Waals surface area contributed by atoms with Gasteiger partial charge in [-0.3, -0.25) is 4.90 Å². The highest BCUT2D eigenvalue weighted by molar-refractivity contribution is 5.85. The summed E-state index contributed by atoms with van der Waals surface area (Å²) in [4.78, 5) is 2.57. The average Bonchev–Trinajstić information content (AvgIpc) is 3.04. The number of hydrogen-bond donors (Lipinski definition) is 1. The second-order valence-corrected chi connectivity index (χ2v) is 6.17. The van der Waals surface area contributed by atoms with E-state index in [0.717, 1.165) is 26.2 Å². The minimum atomic E-state index is -0.272. The summed E-state index contributed by atoms with van der Waals surface area (Å²) in [6, 6.07) is 5.81. The van der Waals surface area contributed by atoms with Gasteiger partial charge in [0.25, 0.3) is 0 Å². The lowest BCUT2D eigenvalue weighted by Gasteiger charge is -2.38. The molecule has 1 saturated heterocycles. The normalized spacial score (nSPS) is 20.4. The van der Waals surface area contributed by atoms with E-state index in [2.05, 4.69) is 10.2 Å². The van der Waals surface area contributed by atoms with E-state index < -0.39 is 0 Å². The molecule has 1 heterocycles. The van der Waals surface area contributed by atoms with Gasteiger partial charge in [0.2, 0.25) is 0 Å². The van der Waals surface area contributed by atoms with Crippen molar-refractivity contribution in [1.29, 1.82) is 0 Å². The quantitative estimate of drug-likeness (QED) is 0.878. The largest absolute Gasteiger partial charge is 0.494 e. The van der Waals surface area contributed by atoms with E-state index in [0.29, 0.717) is 17.7 Å². The molecule has 3 nitrogen and oxygen atoms in total. The van der Waals surface area contributed by atoms with Gasteiger partial charge in [0.1, 0.15) is 0 Å². The maximum absolute atomic E-state index is 13.7. The molecule has 3 rings (SSSR count). The number of benzene rings is 1. The Hall–Kier alpha value is -0.550. The van der Waals surface area contributed by atoms with Crippen LogP contribution in [0.25, 0.3) is 0 Å². The van der Waals surface area contributed by atoms with Gasteiger partial charge in [-0.2, -0.15) is 0 Å². The Kier molecular flexibility index (Phi) is 8.62. The van der Waals surface area contributed by atoms with Crippen LogP contribution >= 0.6 is 24.8 Å². The Balaban J connectivity index is 0.00000132. The first kappa shape index (κ1) is 20.5. The van der Waals surface area contributed by atoms with Crippen molar-refractivity contribution in [3.63, 3.8) is 0 Å². The van der Waals surface area contributed by atoms with Crippen molar-refractivity contribution < 1.29 is 9.13 Å². The molecule has 6 heteroatoms. The fourth-order valence-corrected chi connectivity index (χ4v) is 3.87. The maximum Gasteiger partial charge on any atom is 0.165 e. The van der Waals surface area contributed by atoms with Crippen molar-refractivity contribution in [2.45, 2.75) is 31.7 Å². The SMILES string of the molecule is COc1cc([C@@H](C2CCCC2)N2CCNCC2)ccc1F.Cl.Cl. The lowest BCUT2D eigenvalue weighted by molar-refractivity contribution is 0.125. The topological polar surface area (TPSA) is 24.5 Å². The molecule has 0 radical (unpaired) electrons. The van der Waals surface area contributed by atoms with Crippen LogP contribution in [0.15, 0.2) is 18.2 Å². The van der Waals surface area contributed by atoms with Gasteiger partial charge >= 0.3 is 0 Å². The Morgan fingerprint density at radius 1 is 1.17 bits per heavy atom. The van der Waals surface area contributed by atoms with E-state index in [1.165, 1.54) is 38.4 Å². The van der Waals surface area contributed by atoms with Gasteiger partial charge < -0.3 is 10.1 Å². The molecular formula is C17H27Cl2FN2O. The van der Waals surface area contributed by atoms with E-state index in [9.17, 15) is 4.39 Å². The number of nitrogens with zero attached hydrogens (tertiary/aromatic N) is 1. The van der Waals surface area contributed by atoms with Gasteiger partial charge in [-0.15, -0.1) is 24.8 Å². The fraction of sp³-hybridized carbons (Fsp3) is 0.647. The third kappa shape index (κ3) is 4.72. The van der Waals surface area contributed by atoms with Crippen LogP contribution in [0.1, 0.15) is 37.3 Å². The number of piperazine rings is 1. The van der Waals surface area contributed by atoms with E-state index >= 15 is 0 Å². The van der Waals surface area contributed by atoms with Crippen LogP contribution in [0, 0.1) is 11.7 Å². The molecule has 1 aliphatic carbocycles. The summed E-state index contributed by atoms with van der Waals surface area (Å²) < 4.78 is 18.9. The van der Waals surface area contributed by atoms with E-state index in [4.69, 9.17) is 4.74 Å². The van der Waals surface area contributed by atoms with E-state index in [1.54, 1.807) is 6.07 Å². The summed E-state index contributed by atoms with van der Waals surface area (Å²) >= 11 is 0. The van der Waals surface area contributed by atoms with Crippen molar-refractivity contribution in [3.05, 3.63) is 29.6 Å². The molecule has 0 amide bonds. The Labute approximate surface area is 150 Å². The zero-order valence-electron chi connectivity index (χ0n) is 13.6. The van der Waals surface area contributed by atoms with Gasteiger partial charge in [-0.05, 0) is 36.5 Å². The molecule has 0 spiro atoms. The van der Waals surface area contributed by atoms with Crippen LogP contribution in [-0.4, -0.2) is 38.2 Å². The minimum Gasteiger partial charge on any atom is -0.494 e. The van der Waals surface area contributed by atoms with Crippen molar-refractivity contribution in [2.24, 2.45) is 5.92 Å². The minimum absolute atomic E-state index is 0. The summed E-state index contributed by atoms with van der Waals surface area (Å²) in [6.07, 6.45) is 5.22. The zero-order valence-corrected chi connectivity index (χ0v) is 15.2. The molecule has 1 atom stereocenters. The third-order valence-corrected chi connectivity index (χ3v) is 4.91. The zero-order chi connectivity index (χ0) is 14.7. The molecule has 1 aliphatic heterocycles. The van der Waals surface area contributed by atoms with E-state index in [1.807, 2.05) is 12.1 Å². The van der Waals surface area contributed by atoms with Gasteiger partial charge in [0.15, 0.2) is 11.6 Å². The molecule has 0 unspecified atom stereocenters. The molecule has 1 saturated carbocycles. The van der Waals surface area contributed by atoms with Crippen molar-refractivity contribution in [2.75, 3.05) is 33.3 Å². The van der Waals surface area contributed by atoms with Gasteiger partial charge in [-0.25, -0.2) is 4.39 Å². The predicted octanol–water partition coefficient (Wildman–Crippen LogP) is 3.81. The second-order valence-electron chi connectivity index (χ2n) is 6.17. The first-order chi connectivity index (χ1) is 10.3. The van der Waals surface area contributed by atoms with Crippen LogP contribution in [0.4, 0.5) is 4.39 Å². The van der Waals surface area contributed by atoms with Gasteiger partial charge in [-0.1, -0.05) is 18.9 Å². The molecule has 132 valence electrons. The lowest BCUT2D eigenvalue weighted by atomic mass is 9.89. The average molecular weight is 365 g/mol. The van der Waals surface area contributed by atoms with Crippen LogP contribution < -0.4 is 10.1 Å². The highest BCUT2D eigenvalue weighted by Crippen LogP contribution is 2.40. The first-order valence-electron chi connectivity index (χ1n) is 8.08. The second kappa shape index (κ2) is 9.67. The van der Waals surface area contributed by atoms with E-state index in [-0.39, 0.29) is 30.6 Å². The maximum atomic E-state index is 13.7. The molecule has 0 aromatic heterocycles. The number of nitrogens with one attached hydrogen (secondary N) is 1. The molecule has 2 aliphatic rings. The standard InChI is InChI=1S/C17H25FN2O.2ClH/c1-21-16-12-14(6-7-15(16)18)17(13-4-2-3-5-13)20-10-8-19-9-11-20;;/h6-7,12-13,17,19H,2-5,8-11H2,1H3;2*1H/t17-;;/m1../s1. The molecule has 0 bridgehead atoms. The van der Waals surface area contributed by atoms with Crippen LogP contribution in [0.3, 0.4) is 0 Å². The lowest BCUT2D eigenvalue weighted by Crippen LogP contribution is -2.46. The molecule has 1 aromatic carbocycles. The van der Waals surface area contributed by atoms with Gasteiger partial charge in [0.05, 0.1) is 7.11 Å². The monoisotopic (exact) mass is 364 g/mol. The van der Waals surface area contributed by atoms with Crippen molar-refractivity contribution >= 4 is 24.8 Å². The number of hydrogen-bond acceptors (Lipinski definition) is 3. The van der Waals surface area contributed by atoms with Crippen LogP contribution in [0.2, 0.25) is 0 Å². The first-order valence-corrected chi connectivity index (χ1v) is 8.08. The highest BCUT2D eigenvalue weighted by atomic mass is 35.5. The Bertz CT molecular complexity index is 478. The highest BCUT2D eigenvalue weighted by Gasteiger charge is 2.32. The molecule has 23 heavy (non-hydrogen) atoms. The number of ether oxygens (including phenoxy) is 1. The Morgan fingerprint density at radius 3 is 2.43 bits per heavy atom. The van der Waals surface area contributed by atoms with Crippen molar-refractivity contribution in [1.82, 2.24) is 10.2 Å². The molecular weight excluding hydrogens is 338 g/mol. The predicted molar refractivity (Wildman–Crippen MR) is 96.6 cm³/mol. The number of methoxy groups -OCH3 is 1. The fourth-order valence-electron chi connectivity index (χ4n) is 3.87. The summed E-state index contributed by atoms with van der Waals surface area (Å²) in [7, 11) is 1.54. The molecule has 2 fully saturated rings. The van der Waals surface area contributed by atoms with Crippen LogP contribution in [-0.2, 0) is 0 Å². The molecule has 1 aromatic rings.